The number of carboxylic acids is 1. The maximum absolute atomic E-state index is 12.4. The van der Waals surface area contributed by atoms with Gasteiger partial charge in [-0.25, -0.2) is 9.59 Å². The minimum atomic E-state index is -1.20. The van der Waals surface area contributed by atoms with E-state index >= 15 is 0 Å². The van der Waals surface area contributed by atoms with E-state index in [-0.39, 0.29) is 12.1 Å². The first-order valence-electron chi connectivity index (χ1n) is 7.23. The van der Waals surface area contributed by atoms with Crippen molar-refractivity contribution in [3.8, 4) is 0 Å². The van der Waals surface area contributed by atoms with Crippen molar-refractivity contribution in [2.75, 3.05) is 14.1 Å². The smallest absolute Gasteiger partial charge is 0.329 e. The Morgan fingerprint density at radius 1 is 1.15 bits per heavy atom. The zero-order chi connectivity index (χ0) is 15.7. The Kier molecular flexibility index (Phi) is 4.72. The average Bonchev–Trinajstić information content (AvgIpc) is 2.35. The van der Waals surface area contributed by atoms with Gasteiger partial charge in [0.25, 0.3) is 0 Å². The van der Waals surface area contributed by atoms with Crippen LogP contribution in [0.5, 0.6) is 0 Å². The van der Waals surface area contributed by atoms with Gasteiger partial charge in [-0.1, -0.05) is 13.8 Å². The van der Waals surface area contributed by atoms with Gasteiger partial charge in [0.05, 0.1) is 0 Å². The molecule has 0 aromatic rings. The van der Waals surface area contributed by atoms with E-state index in [9.17, 15) is 14.7 Å². The fraction of sp³-hybridized carbons (Fsp3) is 0.867. The number of carbonyl (C=O) groups excluding carboxylic acids is 1. The summed E-state index contributed by atoms with van der Waals surface area (Å²) >= 11 is 0. The Morgan fingerprint density at radius 3 is 2.00 bits per heavy atom. The standard InChI is InChI=1S/C15H28N2O3/c1-14(2)9-7-11(8-10-14)16(5)13(20)17(6)15(3,4)12(18)19/h11H,7-10H2,1-6H3,(H,18,19). The van der Waals surface area contributed by atoms with Crippen LogP contribution in [0.4, 0.5) is 4.79 Å². The fourth-order valence-electron chi connectivity index (χ4n) is 2.55. The molecule has 0 radical (unpaired) electrons. The Labute approximate surface area is 121 Å². The van der Waals surface area contributed by atoms with Crippen molar-refractivity contribution in [1.29, 1.82) is 0 Å². The predicted octanol–water partition coefficient (Wildman–Crippen LogP) is 2.80. The second-order valence-corrected chi connectivity index (χ2v) is 7.21. The van der Waals surface area contributed by atoms with Gasteiger partial charge in [0.1, 0.15) is 5.54 Å². The number of nitrogens with zero attached hydrogens (tertiary/aromatic N) is 2. The largest absolute Gasteiger partial charge is 0.480 e. The second-order valence-electron chi connectivity index (χ2n) is 7.21. The van der Waals surface area contributed by atoms with E-state index in [1.54, 1.807) is 32.8 Å². The normalized spacial score (nSPS) is 19.5. The quantitative estimate of drug-likeness (QED) is 0.867. The van der Waals surface area contributed by atoms with Crippen LogP contribution < -0.4 is 0 Å². The van der Waals surface area contributed by atoms with Gasteiger partial charge < -0.3 is 14.9 Å². The zero-order valence-electron chi connectivity index (χ0n) is 13.6. The van der Waals surface area contributed by atoms with Crippen LogP contribution in [0.25, 0.3) is 0 Å². The number of likely N-dealkylation sites (N-methyl/N-ethyl adjacent to an activating group) is 1. The Bertz CT molecular complexity index is 381. The molecule has 1 saturated carbocycles. The predicted molar refractivity (Wildman–Crippen MR) is 78.7 cm³/mol. The van der Waals surface area contributed by atoms with Gasteiger partial charge in [-0.3, -0.25) is 0 Å². The molecule has 0 atom stereocenters. The maximum Gasteiger partial charge on any atom is 0.329 e. The molecule has 2 amide bonds. The molecule has 0 aromatic heterocycles. The lowest BCUT2D eigenvalue weighted by atomic mass is 9.75. The summed E-state index contributed by atoms with van der Waals surface area (Å²) in [5.41, 5.74) is -0.841. The molecule has 0 spiro atoms. The summed E-state index contributed by atoms with van der Waals surface area (Å²) in [7, 11) is 3.33. The van der Waals surface area contributed by atoms with Crippen LogP contribution >= 0.6 is 0 Å². The van der Waals surface area contributed by atoms with Crippen LogP contribution in [-0.2, 0) is 4.79 Å². The lowest BCUT2D eigenvalue weighted by Gasteiger charge is -2.41. The van der Waals surface area contributed by atoms with Crippen LogP contribution in [-0.4, -0.2) is 52.6 Å². The molecule has 1 N–H and O–H groups in total. The monoisotopic (exact) mass is 284 g/mol. The molecule has 5 nitrogen and oxygen atoms in total. The van der Waals surface area contributed by atoms with Crippen LogP contribution in [0, 0.1) is 5.41 Å². The van der Waals surface area contributed by atoms with E-state index < -0.39 is 11.5 Å². The van der Waals surface area contributed by atoms with E-state index in [0.717, 1.165) is 25.7 Å². The Hall–Kier alpha value is -1.26. The molecule has 0 heterocycles. The number of hydrogen-bond acceptors (Lipinski definition) is 2. The third-order valence-electron chi connectivity index (χ3n) is 4.81. The van der Waals surface area contributed by atoms with Crippen LogP contribution in [0.3, 0.4) is 0 Å². The molecule has 1 aliphatic rings. The third kappa shape index (κ3) is 3.44. The number of carbonyl (C=O) groups is 2. The van der Waals surface area contributed by atoms with Crippen LogP contribution in [0.15, 0.2) is 0 Å². The van der Waals surface area contributed by atoms with Crippen molar-refractivity contribution in [3.63, 3.8) is 0 Å². The first-order chi connectivity index (χ1) is 8.99. The lowest BCUT2D eigenvalue weighted by molar-refractivity contribution is -0.147. The Balaban J connectivity index is 2.71. The summed E-state index contributed by atoms with van der Waals surface area (Å²) in [6.07, 6.45) is 4.16. The van der Waals surface area contributed by atoms with Crippen molar-refractivity contribution >= 4 is 12.0 Å². The average molecular weight is 284 g/mol. The molecular formula is C15H28N2O3. The highest BCUT2D eigenvalue weighted by Crippen LogP contribution is 2.36. The molecule has 0 aliphatic heterocycles. The highest BCUT2D eigenvalue weighted by Gasteiger charge is 2.38. The molecule has 1 rings (SSSR count). The van der Waals surface area contributed by atoms with E-state index in [0.29, 0.717) is 5.41 Å². The lowest BCUT2D eigenvalue weighted by Crippen LogP contribution is -2.56. The number of hydrogen-bond donors (Lipinski definition) is 1. The van der Waals surface area contributed by atoms with Gasteiger partial charge in [0.2, 0.25) is 0 Å². The van der Waals surface area contributed by atoms with Crippen molar-refractivity contribution in [2.24, 2.45) is 5.41 Å². The van der Waals surface area contributed by atoms with Crippen LogP contribution in [0.2, 0.25) is 0 Å². The summed E-state index contributed by atoms with van der Waals surface area (Å²) in [5, 5.41) is 9.21. The molecule has 5 heteroatoms. The summed E-state index contributed by atoms with van der Waals surface area (Å²) in [6, 6.07) is -0.00956. The number of aliphatic carboxylic acids is 1. The molecular weight excluding hydrogens is 256 g/mol. The molecule has 1 fully saturated rings. The molecule has 0 bridgehead atoms. The van der Waals surface area contributed by atoms with Crippen LogP contribution in [0.1, 0.15) is 53.4 Å². The van der Waals surface area contributed by atoms with Gasteiger partial charge >= 0.3 is 12.0 Å². The van der Waals surface area contributed by atoms with E-state index in [2.05, 4.69) is 13.8 Å². The topological polar surface area (TPSA) is 60.9 Å². The van der Waals surface area contributed by atoms with Gasteiger partial charge in [-0.2, -0.15) is 0 Å². The molecule has 0 unspecified atom stereocenters. The van der Waals surface area contributed by atoms with Crippen molar-refractivity contribution < 1.29 is 14.7 Å². The first kappa shape index (κ1) is 16.8. The van der Waals surface area contributed by atoms with E-state index in [4.69, 9.17) is 0 Å². The van der Waals surface area contributed by atoms with Crippen molar-refractivity contribution in [1.82, 2.24) is 9.80 Å². The molecule has 0 saturated heterocycles. The number of rotatable bonds is 3. The molecule has 1 aliphatic carbocycles. The zero-order valence-corrected chi connectivity index (χ0v) is 13.6. The number of carboxylic acid groups (broad SMARTS) is 1. The molecule has 20 heavy (non-hydrogen) atoms. The van der Waals surface area contributed by atoms with Gasteiger partial charge in [0.15, 0.2) is 0 Å². The number of urea groups is 1. The van der Waals surface area contributed by atoms with Gasteiger partial charge in [-0.05, 0) is 44.9 Å². The summed E-state index contributed by atoms with van der Waals surface area (Å²) in [5.74, 6) is -0.994. The molecule has 0 aromatic carbocycles. The fourth-order valence-corrected chi connectivity index (χ4v) is 2.55. The summed E-state index contributed by atoms with van der Waals surface area (Å²) in [6.45, 7) is 7.60. The van der Waals surface area contributed by atoms with E-state index in [1.807, 2.05) is 0 Å². The van der Waals surface area contributed by atoms with Gasteiger partial charge in [-0.15, -0.1) is 0 Å². The highest BCUT2D eigenvalue weighted by molar-refractivity contribution is 5.85. The minimum Gasteiger partial charge on any atom is -0.480 e. The molecule has 116 valence electrons. The first-order valence-corrected chi connectivity index (χ1v) is 7.23. The summed E-state index contributed by atoms with van der Waals surface area (Å²) < 4.78 is 0. The van der Waals surface area contributed by atoms with Crippen molar-refractivity contribution in [3.05, 3.63) is 0 Å². The summed E-state index contributed by atoms with van der Waals surface area (Å²) in [4.78, 5) is 26.7. The second kappa shape index (κ2) is 5.62. The van der Waals surface area contributed by atoms with Crippen molar-refractivity contribution in [2.45, 2.75) is 65.0 Å². The van der Waals surface area contributed by atoms with E-state index in [1.165, 1.54) is 4.90 Å². The van der Waals surface area contributed by atoms with Gasteiger partial charge in [0, 0.05) is 20.1 Å². The Morgan fingerprint density at radius 2 is 1.60 bits per heavy atom. The highest BCUT2D eigenvalue weighted by atomic mass is 16.4. The SMILES string of the molecule is CN(C(=O)N(C)C(C)(C)C(=O)O)C1CCC(C)(C)CC1. The maximum atomic E-state index is 12.4. The third-order valence-corrected chi connectivity index (χ3v) is 4.81. The minimum absolute atomic E-state index is 0.211. The number of amides is 2.